The molecule has 1 atom stereocenters. The van der Waals surface area contributed by atoms with Crippen molar-refractivity contribution >= 4 is 15.9 Å². The molecule has 0 bridgehead atoms. The van der Waals surface area contributed by atoms with E-state index in [-0.39, 0.29) is 5.54 Å². The van der Waals surface area contributed by atoms with Crippen LogP contribution in [0.15, 0.2) is 21.2 Å². The first-order chi connectivity index (χ1) is 7.22. The van der Waals surface area contributed by atoms with Crippen molar-refractivity contribution in [1.29, 1.82) is 0 Å². The van der Waals surface area contributed by atoms with Gasteiger partial charge in [-0.2, -0.15) is 0 Å². The molecule has 0 saturated carbocycles. The summed E-state index contributed by atoms with van der Waals surface area (Å²) in [5.74, 6) is 0.586. The predicted molar refractivity (Wildman–Crippen MR) is 68.4 cm³/mol. The lowest BCUT2D eigenvalue weighted by molar-refractivity contribution is 0.0234. The summed E-state index contributed by atoms with van der Waals surface area (Å²) in [6.07, 6.45) is 2.18. The zero-order chi connectivity index (χ0) is 12.4. The van der Waals surface area contributed by atoms with Gasteiger partial charge in [0.1, 0.15) is 11.4 Å². The monoisotopic (exact) mass is 289 g/mol. The largest absolute Gasteiger partial charge is 0.465 e. The van der Waals surface area contributed by atoms with Crippen LogP contribution in [0, 0.1) is 0 Å². The molecule has 4 heteroatoms. The van der Waals surface area contributed by atoms with E-state index in [0.717, 1.165) is 11.0 Å². The Morgan fingerprint density at radius 3 is 2.44 bits per heavy atom. The van der Waals surface area contributed by atoms with E-state index < -0.39 is 5.60 Å². The Morgan fingerprint density at radius 1 is 1.38 bits per heavy atom. The van der Waals surface area contributed by atoms with Crippen molar-refractivity contribution in [3.8, 4) is 0 Å². The fraction of sp³-hybridized carbons (Fsp3) is 0.667. The molecule has 1 unspecified atom stereocenters. The topological polar surface area (TPSA) is 45.4 Å². The Balaban J connectivity index is 2.56. The first kappa shape index (κ1) is 13.7. The van der Waals surface area contributed by atoms with Gasteiger partial charge < -0.3 is 14.8 Å². The normalized spacial score (nSPS) is 16.1. The second kappa shape index (κ2) is 4.90. The molecule has 0 aliphatic heterocycles. The van der Waals surface area contributed by atoms with Crippen LogP contribution < -0.4 is 5.32 Å². The summed E-state index contributed by atoms with van der Waals surface area (Å²) >= 11 is 3.36. The molecule has 0 spiro atoms. The van der Waals surface area contributed by atoms with Gasteiger partial charge in [-0.25, -0.2) is 0 Å². The Hall–Kier alpha value is -0.320. The third kappa shape index (κ3) is 3.92. The highest BCUT2D eigenvalue weighted by Crippen LogP contribution is 2.31. The molecule has 3 nitrogen and oxygen atoms in total. The standard InChI is InChI=1S/C12H20BrNO2/c1-11(2,3)14-7-6-12(4,15)10-9(13)5-8-16-10/h5,8,14-15H,6-7H2,1-4H3. The van der Waals surface area contributed by atoms with E-state index >= 15 is 0 Å². The number of aliphatic hydroxyl groups is 1. The van der Waals surface area contributed by atoms with Crippen LogP contribution in [-0.4, -0.2) is 17.2 Å². The summed E-state index contributed by atoms with van der Waals surface area (Å²) in [7, 11) is 0. The quantitative estimate of drug-likeness (QED) is 0.896. The number of furan rings is 1. The van der Waals surface area contributed by atoms with E-state index in [1.165, 1.54) is 0 Å². The van der Waals surface area contributed by atoms with Crippen molar-refractivity contribution in [3.05, 3.63) is 22.6 Å². The molecule has 0 amide bonds. The van der Waals surface area contributed by atoms with Gasteiger partial charge >= 0.3 is 0 Å². The molecular formula is C12H20BrNO2. The van der Waals surface area contributed by atoms with Gasteiger partial charge in [0.15, 0.2) is 0 Å². The molecule has 1 heterocycles. The van der Waals surface area contributed by atoms with Crippen LogP contribution >= 0.6 is 15.9 Å². The number of halogens is 1. The van der Waals surface area contributed by atoms with Gasteiger partial charge in [-0.1, -0.05) is 0 Å². The van der Waals surface area contributed by atoms with Gasteiger partial charge in [0.05, 0.1) is 10.7 Å². The maximum absolute atomic E-state index is 10.3. The third-order valence-corrected chi connectivity index (χ3v) is 3.00. The van der Waals surface area contributed by atoms with E-state index in [0.29, 0.717) is 12.2 Å². The Morgan fingerprint density at radius 2 is 2.00 bits per heavy atom. The SMILES string of the molecule is CC(C)(C)NCCC(C)(O)c1occc1Br. The second-order valence-electron chi connectivity index (χ2n) is 5.30. The summed E-state index contributed by atoms with van der Waals surface area (Å²) in [4.78, 5) is 0. The summed E-state index contributed by atoms with van der Waals surface area (Å²) in [6, 6.07) is 1.79. The van der Waals surface area contributed by atoms with Crippen LogP contribution in [0.5, 0.6) is 0 Å². The minimum atomic E-state index is -0.944. The maximum Gasteiger partial charge on any atom is 0.149 e. The molecule has 92 valence electrons. The van der Waals surface area contributed by atoms with Gasteiger partial charge in [0, 0.05) is 5.54 Å². The second-order valence-corrected chi connectivity index (χ2v) is 6.15. The molecule has 1 aromatic rings. The zero-order valence-electron chi connectivity index (χ0n) is 10.3. The molecule has 0 saturated heterocycles. The molecule has 1 rings (SSSR count). The lowest BCUT2D eigenvalue weighted by Crippen LogP contribution is -2.39. The predicted octanol–water partition coefficient (Wildman–Crippen LogP) is 3.03. The number of nitrogens with one attached hydrogen (secondary N) is 1. The fourth-order valence-electron chi connectivity index (χ4n) is 1.47. The van der Waals surface area contributed by atoms with E-state index in [2.05, 4.69) is 42.0 Å². The van der Waals surface area contributed by atoms with Gasteiger partial charge in [0.25, 0.3) is 0 Å². The van der Waals surface area contributed by atoms with Crippen LogP contribution in [-0.2, 0) is 5.60 Å². The average Bonchev–Trinajstić information content (AvgIpc) is 2.48. The van der Waals surface area contributed by atoms with Crippen LogP contribution in [0.4, 0.5) is 0 Å². The highest BCUT2D eigenvalue weighted by atomic mass is 79.9. The van der Waals surface area contributed by atoms with Crippen molar-refractivity contribution in [3.63, 3.8) is 0 Å². The number of hydrogen-bond acceptors (Lipinski definition) is 3. The van der Waals surface area contributed by atoms with Gasteiger partial charge in [-0.15, -0.1) is 0 Å². The van der Waals surface area contributed by atoms with Crippen molar-refractivity contribution in [2.75, 3.05) is 6.54 Å². The molecule has 2 N–H and O–H groups in total. The van der Waals surface area contributed by atoms with Gasteiger partial charge in [-0.05, 0) is 62.7 Å². The van der Waals surface area contributed by atoms with Crippen LogP contribution in [0.3, 0.4) is 0 Å². The average molecular weight is 290 g/mol. The molecule has 0 fully saturated rings. The number of hydrogen-bond donors (Lipinski definition) is 2. The van der Waals surface area contributed by atoms with Gasteiger partial charge in [0.2, 0.25) is 0 Å². The first-order valence-electron chi connectivity index (χ1n) is 5.43. The molecule has 0 aromatic carbocycles. The smallest absolute Gasteiger partial charge is 0.149 e. The zero-order valence-corrected chi connectivity index (χ0v) is 11.9. The fourth-order valence-corrected chi connectivity index (χ4v) is 2.10. The molecule has 16 heavy (non-hydrogen) atoms. The van der Waals surface area contributed by atoms with E-state index in [9.17, 15) is 5.11 Å². The summed E-state index contributed by atoms with van der Waals surface area (Å²) < 4.78 is 6.10. The molecule has 0 radical (unpaired) electrons. The maximum atomic E-state index is 10.3. The summed E-state index contributed by atoms with van der Waals surface area (Å²) in [5.41, 5.74) is -0.878. The molecular weight excluding hydrogens is 270 g/mol. The van der Waals surface area contributed by atoms with E-state index in [1.807, 2.05) is 0 Å². The molecule has 1 aromatic heterocycles. The van der Waals surface area contributed by atoms with Crippen LogP contribution in [0.2, 0.25) is 0 Å². The Kier molecular flexibility index (Phi) is 4.21. The lowest BCUT2D eigenvalue weighted by atomic mass is 9.98. The van der Waals surface area contributed by atoms with Crippen molar-refractivity contribution < 1.29 is 9.52 Å². The molecule has 0 aliphatic carbocycles. The Labute approximate surface area is 105 Å². The molecule has 0 aliphatic rings. The summed E-state index contributed by atoms with van der Waals surface area (Å²) in [5, 5.41) is 13.6. The van der Waals surface area contributed by atoms with Crippen molar-refractivity contribution in [2.24, 2.45) is 0 Å². The highest BCUT2D eigenvalue weighted by Gasteiger charge is 2.28. The third-order valence-electron chi connectivity index (χ3n) is 2.37. The van der Waals surface area contributed by atoms with Crippen LogP contribution in [0.1, 0.15) is 39.9 Å². The van der Waals surface area contributed by atoms with Crippen molar-refractivity contribution in [1.82, 2.24) is 5.32 Å². The first-order valence-corrected chi connectivity index (χ1v) is 6.22. The van der Waals surface area contributed by atoms with Crippen molar-refractivity contribution in [2.45, 2.75) is 45.3 Å². The van der Waals surface area contributed by atoms with Crippen LogP contribution in [0.25, 0.3) is 0 Å². The van der Waals surface area contributed by atoms with Gasteiger partial charge in [-0.3, -0.25) is 0 Å². The van der Waals surface area contributed by atoms with E-state index in [1.54, 1.807) is 19.3 Å². The Bertz CT molecular complexity index is 339. The summed E-state index contributed by atoms with van der Waals surface area (Å²) in [6.45, 7) is 8.81. The highest BCUT2D eigenvalue weighted by molar-refractivity contribution is 9.10. The van der Waals surface area contributed by atoms with E-state index in [4.69, 9.17) is 4.42 Å². The minimum absolute atomic E-state index is 0.0659. The number of rotatable bonds is 4. The lowest BCUT2D eigenvalue weighted by Gasteiger charge is -2.25. The minimum Gasteiger partial charge on any atom is -0.465 e.